The van der Waals surface area contributed by atoms with E-state index in [0.29, 0.717) is 6.42 Å². The van der Waals surface area contributed by atoms with E-state index in [0.717, 1.165) is 12.8 Å². The lowest BCUT2D eigenvalue weighted by Gasteiger charge is -2.07. The molecule has 19 heavy (non-hydrogen) atoms. The maximum absolute atomic E-state index is 11.2. The summed E-state index contributed by atoms with van der Waals surface area (Å²) in [6, 6.07) is 10.3. The molecule has 0 bridgehead atoms. The molecule has 0 heterocycles. The molecule has 0 aliphatic carbocycles. The van der Waals surface area contributed by atoms with Gasteiger partial charge in [-0.3, -0.25) is 4.79 Å². The van der Waals surface area contributed by atoms with Gasteiger partial charge >= 0.3 is 5.97 Å². The first kappa shape index (κ1) is 15.5. The topological polar surface area (TPSA) is 26.3 Å². The van der Waals surface area contributed by atoms with E-state index in [-0.39, 0.29) is 5.97 Å². The van der Waals surface area contributed by atoms with Crippen molar-refractivity contribution in [1.82, 2.24) is 0 Å². The quantitative estimate of drug-likeness (QED) is 0.504. The van der Waals surface area contributed by atoms with Gasteiger partial charge in [-0.15, -0.1) is 0 Å². The van der Waals surface area contributed by atoms with E-state index in [1.54, 1.807) is 0 Å². The minimum absolute atomic E-state index is 0.130. The second-order valence-corrected chi connectivity index (χ2v) is 4.75. The number of unbranched alkanes of at least 4 members (excludes halogenated alkanes) is 2. The normalized spacial score (nSPS) is 11.4. The Hall–Kier alpha value is -1.57. The molecule has 1 aromatic rings. The molecule has 0 fully saturated rings. The van der Waals surface area contributed by atoms with Crippen LogP contribution in [0.3, 0.4) is 0 Å². The van der Waals surface area contributed by atoms with E-state index >= 15 is 0 Å². The average Bonchev–Trinajstić information content (AvgIpc) is 2.45. The van der Waals surface area contributed by atoms with Crippen LogP contribution in [0.25, 0.3) is 6.08 Å². The van der Waals surface area contributed by atoms with E-state index in [1.165, 1.54) is 37.5 Å². The number of methoxy groups -OCH3 is 1. The van der Waals surface area contributed by atoms with Crippen molar-refractivity contribution in [2.45, 2.75) is 45.4 Å². The number of benzene rings is 1. The second-order valence-electron chi connectivity index (χ2n) is 4.75. The molecule has 0 saturated carbocycles. The van der Waals surface area contributed by atoms with Gasteiger partial charge in [-0.1, -0.05) is 61.7 Å². The van der Waals surface area contributed by atoms with Crippen molar-refractivity contribution in [2.75, 3.05) is 7.11 Å². The number of hydrogen-bond donors (Lipinski definition) is 0. The van der Waals surface area contributed by atoms with E-state index < -0.39 is 0 Å². The molecule has 0 aliphatic rings. The lowest BCUT2D eigenvalue weighted by Crippen LogP contribution is -2.00. The smallest absolute Gasteiger partial charge is 0.305 e. The summed E-state index contributed by atoms with van der Waals surface area (Å²) in [5.41, 5.74) is 2.55. The minimum Gasteiger partial charge on any atom is -0.469 e. The summed E-state index contributed by atoms with van der Waals surface area (Å²) >= 11 is 0. The lowest BCUT2D eigenvalue weighted by molar-refractivity contribution is -0.140. The summed E-state index contributed by atoms with van der Waals surface area (Å²) in [6.45, 7) is 2.20. The summed E-state index contributed by atoms with van der Waals surface area (Å²) in [5.74, 6) is -0.130. The Kier molecular flexibility index (Phi) is 7.64. The summed E-state index contributed by atoms with van der Waals surface area (Å²) in [6.07, 6.45) is 8.20. The Balaban J connectivity index is 2.62. The largest absolute Gasteiger partial charge is 0.469 e. The predicted octanol–water partition coefficient (Wildman–Crippen LogP) is 4.60. The Morgan fingerprint density at radius 3 is 2.47 bits per heavy atom. The van der Waals surface area contributed by atoms with Gasteiger partial charge in [0.15, 0.2) is 0 Å². The van der Waals surface area contributed by atoms with Crippen molar-refractivity contribution < 1.29 is 9.53 Å². The molecule has 1 aromatic carbocycles. The van der Waals surface area contributed by atoms with Crippen molar-refractivity contribution in [3.05, 3.63) is 41.5 Å². The molecule has 1 rings (SSSR count). The van der Waals surface area contributed by atoms with Crippen LogP contribution in [0.1, 0.15) is 51.0 Å². The fourth-order valence-electron chi connectivity index (χ4n) is 2.02. The number of rotatable bonds is 8. The minimum atomic E-state index is -0.130. The predicted molar refractivity (Wildman–Crippen MR) is 79.8 cm³/mol. The van der Waals surface area contributed by atoms with Gasteiger partial charge in [0.25, 0.3) is 0 Å². The van der Waals surface area contributed by atoms with Crippen molar-refractivity contribution >= 4 is 12.0 Å². The van der Waals surface area contributed by atoms with E-state index in [2.05, 4.69) is 25.1 Å². The SMILES string of the molecule is CCCCC/C(=C\c1ccccc1)CCC(=O)OC. The number of hydrogen-bond acceptors (Lipinski definition) is 2. The molecule has 0 saturated heterocycles. The van der Waals surface area contributed by atoms with Crippen LogP contribution < -0.4 is 0 Å². The fraction of sp³-hybridized carbons (Fsp3) is 0.471. The first-order valence-corrected chi connectivity index (χ1v) is 7.07. The Labute approximate surface area is 116 Å². The molecule has 2 nitrogen and oxygen atoms in total. The monoisotopic (exact) mass is 260 g/mol. The molecule has 0 atom stereocenters. The van der Waals surface area contributed by atoms with Crippen LogP contribution in [-0.2, 0) is 9.53 Å². The Morgan fingerprint density at radius 1 is 1.11 bits per heavy atom. The number of ether oxygens (including phenoxy) is 1. The molecule has 104 valence electrons. The molecule has 0 spiro atoms. The van der Waals surface area contributed by atoms with Gasteiger partial charge in [0.1, 0.15) is 0 Å². The van der Waals surface area contributed by atoms with Gasteiger partial charge < -0.3 is 4.74 Å². The summed E-state index contributed by atoms with van der Waals surface area (Å²) in [4.78, 5) is 11.2. The van der Waals surface area contributed by atoms with Gasteiger partial charge in [-0.2, -0.15) is 0 Å². The van der Waals surface area contributed by atoms with Crippen molar-refractivity contribution in [3.8, 4) is 0 Å². The van der Waals surface area contributed by atoms with Crippen LogP contribution >= 0.6 is 0 Å². The summed E-state index contributed by atoms with van der Waals surface area (Å²) < 4.78 is 4.71. The van der Waals surface area contributed by atoms with Gasteiger partial charge in [0, 0.05) is 6.42 Å². The molecule has 0 unspecified atom stereocenters. The molecule has 0 amide bonds. The first-order valence-electron chi connectivity index (χ1n) is 7.07. The standard InChI is InChI=1S/C17H24O2/c1-3-4-6-9-16(12-13-17(18)19-2)14-15-10-7-5-8-11-15/h5,7-8,10-11,14H,3-4,6,9,12-13H2,1-2H3/b16-14+. The maximum Gasteiger partial charge on any atom is 0.305 e. The molecular formula is C17H24O2. The molecule has 0 radical (unpaired) electrons. The van der Waals surface area contributed by atoms with Crippen LogP contribution in [0.15, 0.2) is 35.9 Å². The zero-order valence-corrected chi connectivity index (χ0v) is 12.0. The second kappa shape index (κ2) is 9.37. The Bertz CT molecular complexity index is 393. The van der Waals surface area contributed by atoms with Crippen LogP contribution in [-0.4, -0.2) is 13.1 Å². The third kappa shape index (κ3) is 6.80. The maximum atomic E-state index is 11.2. The fourth-order valence-corrected chi connectivity index (χ4v) is 2.02. The van der Waals surface area contributed by atoms with Gasteiger partial charge in [-0.05, 0) is 24.8 Å². The zero-order valence-electron chi connectivity index (χ0n) is 12.0. The summed E-state index contributed by atoms with van der Waals surface area (Å²) in [5, 5.41) is 0. The van der Waals surface area contributed by atoms with Crippen molar-refractivity contribution in [3.63, 3.8) is 0 Å². The van der Waals surface area contributed by atoms with Crippen LogP contribution in [0.4, 0.5) is 0 Å². The Morgan fingerprint density at radius 2 is 1.84 bits per heavy atom. The molecular weight excluding hydrogens is 236 g/mol. The van der Waals surface area contributed by atoms with Crippen LogP contribution in [0, 0.1) is 0 Å². The molecule has 0 aliphatic heterocycles. The highest BCUT2D eigenvalue weighted by atomic mass is 16.5. The van der Waals surface area contributed by atoms with Crippen molar-refractivity contribution in [1.29, 1.82) is 0 Å². The molecule has 0 aromatic heterocycles. The molecule has 2 heteroatoms. The third-order valence-electron chi connectivity index (χ3n) is 3.15. The molecule has 0 N–H and O–H groups in total. The first-order chi connectivity index (χ1) is 9.26. The van der Waals surface area contributed by atoms with E-state index in [4.69, 9.17) is 4.74 Å². The van der Waals surface area contributed by atoms with Gasteiger partial charge in [0.05, 0.1) is 7.11 Å². The van der Waals surface area contributed by atoms with Gasteiger partial charge in [-0.25, -0.2) is 0 Å². The van der Waals surface area contributed by atoms with Gasteiger partial charge in [0.2, 0.25) is 0 Å². The van der Waals surface area contributed by atoms with Crippen LogP contribution in [0.5, 0.6) is 0 Å². The number of allylic oxidation sites excluding steroid dienone is 1. The summed E-state index contributed by atoms with van der Waals surface area (Å²) in [7, 11) is 1.44. The average molecular weight is 260 g/mol. The number of carbonyl (C=O) groups excluding carboxylic acids is 1. The highest BCUT2D eigenvalue weighted by molar-refractivity contribution is 5.69. The third-order valence-corrected chi connectivity index (χ3v) is 3.15. The number of esters is 1. The van der Waals surface area contributed by atoms with E-state index in [1.807, 2.05) is 18.2 Å². The van der Waals surface area contributed by atoms with Crippen molar-refractivity contribution in [2.24, 2.45) is 0 Å². The van der Waals surface area contributed by atoms with Crippen LogP contribution in [0.2, 0.25) is 0 Å². The number of carbonyl (C=O) groups is 1. The zero-order chi connectivity index (χ0) is 13.9. The highest BCUT2D eigenvalue weighted by Crippen LogP contribution is 2.18. The van der Waals surface area contributed by atoms with E-state index in [9.17, 15) is 4.79 Å². The lowest BCUT2D eigenvalue weighted by atomic mass is 10.00. The highest BCUT2D eigenvalue weighted by Gasteiger charge is 2.04.